The van der Waals surface area contributed by atoms with Gasteiger partial charge in [0.05, 0.1) is 4.92 Å². The molecule has 0 atom stereocenters. The highest BCUT2D eigenvalue weighted by Gasteiger charge is 2.03. The van der Waals surface area contributed by atoms with E-state index in [9.17, 15) is 10.1 Å². The molecule has 0 spiro atoms. The normalized spacial score (nSPS) is 10.9. The van der Waals surface area contributed by atoms with Gasteiger partial charge in [-0.25, -0.2) is 0 Å². The number of nitro groups is 1. The lowest BCUT2D eigenvalue weighted by Crippen LogP contribution is -2.22. The highest BCUT2D eigenvalue weighted by molar-refractivity contribution is 14.0. The van der Waals surface area contributed by atoms with E-state index in [-0.39, 0.29) is 34.6 Å². The summed E-state index contributed by atoms with van der Waals surface area (Å²) in [6, 6.07) is 12.8. The Balaban J connectivity index is 0.00000338. The molecule has 0 bridgehead atoms. The average molecular weight is 468 g/mol. The molecule has 0 aliphatic rings. The predicted octanol–water partition coefficient (Wildman–Crippen LogP) is 4.58. The summed E-state index contributed by atoms with van der Waals surface area (Å²) in [5, 5.41) is 13.7. The molecule has 0 aromatic heterocycles. The summed E-state index contributed by atoms with van der Waals surface area (Å²) in [6.07, 6.45) is 2.74. The highest BCUT2D eigenvalue weighted by atomic mass is 127. The second-order valence-electron chi connectivity index (χ2n) is 6.07. The summed E-state index contributed by atoms with van der Waals surface area (Å²) in [4.78, 5) is 14.6. The third-order valence-electron chi connectivity index (χ3n) is 4.08. The molecule has 0 fully saturated rings. The Bertz CT molecular complexity index is 761. The Kier molecular flexibility index (Phi) is 9.04. The summed E-state index contributed by atoms with van der Waals surface area (Å²) in [7, 11) is 0. The lowest BCUT2D eigenvalue weighted by molar-refractivity contribution is -0.384. The van der Waals surface area contributed by atoms with Crippen molar-refractivity contribution in [1.82, 2.24) is 0 Å². The molecule has 0 radical (unpaired) electrons. The van der Waals surface area contributed by atoms with Gasteiger partial charge in [0, 0.05) is 24.4 Å². The average Bonchev–Trinajstić information content (AvgIpc) is 2.58. The number of hydrogen-bond donors (Lipinski definition) is 2. The summed E-state index contributed by atoms with van der Waals surface area (Å²) in [6.45, 7) is 4.78. The number of aryl methyl sites for hydroxylation is 3. The number of hydrogen-bond acceptors (Lipinski definition) is 3. The van der Waals surface area contributed by atoms with E-state index in [4.69, 9.17) is 5.73 Å². The lowest BCUT2D eigenvalue weighted by atomic mass is 10.1. The van der Waals surface area contributed by atoms with Crippen LogP contribution in [0.15, 0.2) is 47.5 Å². The van der Waals surface area contributed by atoms with Crippen LogP contribution in [0, 0.1) is 24.0 Å². The van der Waals surface area contributed by atoms with Crippen LogP contribution in [0.25, 0.3) is 0 Å². The number of nitrogens with one attached hydrogen (secondary N) is 1. The third-order valence-corrected chi connectivity index (χ3v) is 4.08. The van der Waals surface area contributed by atoms with E-state index in [0.29, 0.717) is 12.5 Å². The van der Waals surface area contributed by atoms with Gasteiger partial charge in [-0.15, -0.1) is 24.0 Å². The molecule has 0 heterocycles. The van der Waals surface area contributed by atoms with Crippen molar-refractivity contribution in [3.05, 3.63) is 69.3 Å². The van der Waals surface area contributed by atoms with Gasteiger partial charge in [0.1, 0.15) is 0 Å². The molecule has 2 aromatic rings. The quantitative estimate of drug-likeness (QED) is 0.155. The van der Waals surface area contributed by atoms with Crippen molar-refractivity contribution in [2.75, 3.05) is 11.9 Å². The highest BCUT2D eigenvalue weighted by Crippen LogP contribution is 2.14. The Morgan fingerprint density at radius 1 is 1.12 bits per heavy atom. The van der Waals surface area contributed by atoms with Crippen LogP contribution in [0.2, 0.25) is 0 Å². The summed E-state index contributed by atoms with van der Waals surface area (Å²) >= 11 is 0. The number of anilines is 1. The molecule has 0 amide bonds. The predicted molar refractivity (Wildman–Crippen MR) is 117 cm³/mol. The third kappa shape index (κ3) is 6.99. The van der Waals surface area contributed by atoms with Crippen molar-refractivity contribution in [2.24, 2.45) is 10.7 Å². The lowest BCUT2D eigenvalue weighted by Gasteiger charge is -2.08. The van der Waals surface area contributed by atoms with Gasteiger partial charge in [0.25, 0.3) is 5.69 Å². The van der Waals surface area contributed by atoms with Gasteiger partial charge < -0.3 is 11.1 Å². The van der Waals surface area contributed by atoms with Crippen molar-refractivity contribution >= 4 is 41.3 Å². The molecule has 3 N–H and O–H groups in total. The van der Waals surface area contributed by atoms with Crippen LogP contribution in [0.1, 0.15) is 29.5 Å². The molecule has 0 aliphatic heterocycles. The number of unbranched alkanes of at least 4 members (excludes halogenated alkanes) is 1. The maximum absolute atomic E-state index is 10.6. The van der Waals surface area contributed by atoms with Gasteiger partial charge in [-0.1, -0.05) is 18.2 Å². The molecule has 0 aliphatic carbocycles. The van der Waals surface area contributed by atoms with Crippen molar-refractivity contribution in [3.8, 4) is 0 Å². The second-order valence-corrected chi connectivity index (χ2v) is 6.07. The summed E-state index contributed by atoms with van der Waals surface area (Å²) in [5.74, 6) is 0.415. The number of nitro benzene ring substituents is 1. The topological polar surface area (TPSA) is 93.5 Å². The minimum absolute atomic E-state index is 0. The number of halogens is 1. The fourth-order valence-corrected chi connectivity index (χ4v) is 2.43. The molecule has 0 saturated heterocycles. The molecular weight excluding hydrogens is 443 g/mol. The standard InChI is InChI=1S/C19H24N4O2.HI/c1-14-6-9-17(13-15(14)2)22-19(20)21-12-4-3-5-16-7-10-18(11-8-16)23(24)25;/h6-11,13H,3-5,12H2,1-2H3,(H3,20,21,22);1H. The number of guanidine groups is 1. The van der Waals surface area contributed by atoms with Gasteiger partial charge in [0.2, 0.25) is 0 Å². The number of nitrogens with two attached hydrogens (primary N) is 1. The molecule has 6 nitrogen and oxygen atoms in total. The molecular formula is C19H25IN4O2. The van der Waals surface area contributed by atoms with Crippen LogP contribution in [0.4, 0.5) is 11.4 Å². The van der Waals surface area contributed by atoms with E-state index in [1.807, 2.05) is 12.1 Å². The van der Waals surface area contributed by atoms with E-state index in [0.717, 1.165) is 30.5 Å². The molecule has 0 unspecified atom stereocenters. The van der Waals surface area contributed by atoms with Crippen molar-refractivity contribution < 1.29 is 4.92 Å². The van der Waals surface area contributed by atoms with Crippen molar-refractivity contribution in [2.45, 2.75) is 33.1 Å². The first-order valence-electron chi connectivity index (χ1n) is 8.33. The first-order valence-corrected chi connectivity index (χ1v) is 8.33. The fraction of sp³-hybridized carbons (Fsp3) is 0.316. The van der Waals surface area contributed by atoms with E-state index in [1.165, 1.54) is 11.1 Å². The van der Waals surface area contributed by atoms with E-state index >= 15 is 0 Å². The largest absolute Gasteiger partial charge is 0.370 e. The second kappa shape index (κ2) is 10.7. The molecule has 7 heteroatoms. The maximum atomic E-state index is 10.6. The van der Waals surface area contributed by atoms with Gasteiger partial charge in [-0.2, -0.15) is 0 Å². The van der Waals surface area contributed by atoms with Crippen LogP contribution in [0.3, 0.4) is 0 Å². The van der Waals surface area contributed by atoms with E-state index in [1.54, 1.807) is 24.3 Å². The maximum Gasteiger partial charge on any atom is 0.269 e. The first-order chi connectivity index (χ1) is 12.0. The van der Waals surface area contributed by atoms with Crippen LogP contribution in [-0.4, -0.2) is 17.4 Å². The monoisotopic (exact) mass is 468 g/mol. The van der Waals surface area contributed by atoms with Crippen LogP contribution < -0.4 is 11.1 Å². The fourth-order valence-electron chi connectivity index (χ4n) is 2.43. The zero-order chi connectivity index (χ0) is 18.2. The Morgan fingerprint density at radius 3 is 2.42 bits per heavy atom. The van der Waals surface area contributed by atoms with Gasteiger partial charge in [-0.05, 0) is 61.9 Å². The molecule has 2 rings (SSSR count). The molecule has 0 saturated carbocycles. The molecule has 26 heavy (non-hydrogen) atoms. The van der Waals surface area contributed by atoms with Crippen LogP contribution in [-0.2, 0) is 6.42 Å². The van der Waals surface area contributed by atoms with Gasteiger partial charge >= 0.3 is 0 Å². The SMILES string of the molecule is Cc1ccc(NC(N)=NCCCCc2ccc([N+](=O)[O-])cc2)cc1C.I. The summed E-state index contributed by atoms with van der Waals surface area (Å²) in [5.41, 5.74) is 10.5. The Morgan fingerprint density at radius 2 is 1.81 bits per heavy atom. The van der Waals surface area contributed by atoms with Crippen LogP contribution in [0.5, 0.6) is 0 Å². The first kappa shape index (κ1) is 21.9. The number of non-ortho nitro benzene ring substituents is 1. The zero-order valence-electron chi connectivity index (χ0n) is 15.1. The minimum Gasteiger partial charge on any atom is -0.370 e. The zero-order valence-corrected chi connectivity index (χ0v) is 17.4. The van der Waals surface area contributed by atoms with Crippen molar-refractivity contribution in [1.29, 1.82) is 0 Å². The van der Waals surface area contributed by atoms with Crippen molar-refractivity contribution in [3.63, 3.8) is 0 Å². The van der Waals surface area contributed by atoms with E-state index < -0.39 is 0 Å². The number of rotatable bonds is 7. The molecule has 140 valence electrons. The Hall–Kier alpha value is -2.16. The summed E-state index contributed by atoms with van der Waals surface area (Å²) < 4.78 is 0. The number of nitrogens with zero attached hydrogens (tertiary/aromatic N) is 2. The molecule has 2 aromatic carbocycles. The minimum atomic E-state index is -0.385. The van der Waals surface area contributed by atoms with Gasteiger partial charge in [-0.3, -0.25) is 15.1 Å². The van der Waals surface area contributed by atoms with E-state index in [2.05, 4.69) is 30.2 Å². The number of aliphatic imine (C=N–C) groups is 1. The van der Waals surface area contributed by atoms with Gasteiger partial charge in [0.15, 0.2) is 5.96 Å². The van der Waals surface area contributed by atoms with Crippen LogP contribution >= 0.6 is 24.0 Å². The number of benzene rings is 2. The smallest absolute Gasteiger partial charge is 0.269 e. The Labute approximate surface area is 171 Å².